The van der Waals surface area contributed by atoms with Crippen LogP contribution >= 0.6 is 0 Å². The molecule has 0 aliphatic heterocycles. The Morgan fingerprint density at radius 2 is 1.48 bits per heavy atom. The fourth-order valence-electron chi connectivity index (χ4n) is 2.16. The molecule has 0 aliphatic carbocycles. The summed E-state index contributed by atoms with van der Waals surface area (Å²) in [5, 5.41) is 9.83. The average Bonchev–Trinajstić information content (AvgIpc) is 2.68. The summed E-state index contributed by atoms with van der Waals surface area (Å²) in [4.78, 5) is 34.8. The van der Waals surface area contributed by atoms with E-state index in [1.54, 1.807) is 54.6 Å². The second-order valence-corrected chi connectivity index (χ2v) is 5.54. The van der Waals surface area contributed by atoms with Crippen LogP contribution in [0, 0.1) is 0 Å². The van der Waals surface area contributed by atoms with E-state index in [0.29, 0.717) is 5.56 Å². The van der Waals surface area contributed by atoms with E-state index in [4.69, 9.17) is 9.47 Å². The lowest BCUT2D eigenvalue weighted by Crippen LogP contribution is -2.21. The highest BCUT2D eigenvalue weighted by molar-refractivity contribution is 5.87. The zero-order valence-electron chi connectivity index (χ0n) is 14.6. The van der Waals surface area contributed by atoms with Crippen molar-refractivity contribution in [3.8, 4) is 0 Å². The van der Waals surface area contributed by atoms with E-state index in [2.05, 4.69) is 4.74 Å². The summed E-state index contributed by atoms with van der Waals surface area (Å²) in [6.45, 7) is -0.664. The van der Waals surface area contributed by atoms with Crippen molar-refractivity contribution in [2.75, 3.05) is 19.8 Å². The van der Waals surface area contributed by atoms with Gasteiger partial charge in [0.1, 0.15) is 13.2 Å². The maximum atomic E-state index is 11.7. The van der Waals surface area contributed by atoms with Gasteiger partial charge in [-0.05, 0) is 11.1 Å². The van der Waals surface area contributed by atoms with Gasteiger partial charge in [0.2, 0.25) is 0 Å². The van der Waals surface area contributed by atoms with Crippen molar-refractivity contribution in [1.82, 2.24) is 0 Å². The third-order valence-electron chi connectivity index (χ3n) is 3.45. The van der Waals surface area contributed by atoms with E-state index in [-0.39, 0.29) is 19.6 Å². The van der Waals surface area contributed by atoms with Gasteiger partial charge in [-0.2, -0.15) is 0 Å². The molecule has 0 radical (unpaired) electrons. The molecule has 0 amide bonds. The van der Waals surface area contributed by atoms with Gasteiger partial charge in [0, 0.05) is 0 Å². The van der Waals surface area contributed by atoms with Gasteiger partial charge in [-0.25, -0.2) is 9.59 Å². The standard InChI is InChI=1S/C20H20O7/c21-17(13-15-7-3-1-4-8-15)27-18(22)14-25-11-12-26-20(24)19(23)16-9-5-2-6-10-16/h1-10,19,23H,11-14H2. The van der Waals surface area contributed by atoms with Gasteiger partial charge in [0.05, 0.1) is 13.0 Å². The van der Waals surface area contributed by atoms with Crippen LogP contribution in [-0.2, 0) is 35.0 Å². The highest BCUT2D eigenvalue weighted by atomic mass is 16.6. The summed E-state index contributed by atoms with van der Waals surface area (Å²) in [6, 6.07) is 17.2. The minimum atomic E-state index is -1.38. The van der Waals surface area contributed by atoms with Crippen LogP contribution in [0.1, 0.15) is 17.2 Å². The van der Waals surface area contributed by atoms with Crippen LogP contribution in [0.3, 0.4) is 0 Å². The number of aliphatic hydroxyl groups is 1. The SMILES string of the molecule is O=C(COCCOC(=O)C(O)c1ccccc1)OC(=O)Cc1ccccc1. The van der Waals surface area contributed by atoms with Crippen LogP contribution in [0.15, 0.2) is 60.7 Å². The smallest absolute Gasteiger partial charge is 0.339 e. The number of rotatable bonds is 9. The second-order valence-electron chi connectivity index (χ2n) is 5.54. The average molecular weight is 372 g/mol. The summed E-state index contributed by atoms with van der Waals surface area (Å²) < 4.78 is 14.5. The van der Waals surface area contributed by atoms with E-state index >= 15 is 0 Å². The van der Waals surface area contributed by atoms with Crippen molar-refractivity contribution in [1.29, 1.82) is 0 Å². The maximum absolute atomic E-state index is 11.7. The molecule has 0 aliphatic rings. The van der Waals surface area contributed by atoms with Crippen molar-refractivity contribution in [2.45, 2.75) is 12.5 Å². The summed E-state index contributed by atoms with van der Waals surface area (Å²) in [7, 11) is 0. The molecule has 0 aromatic heterocycles. The molecule has 1 atom stereocenters. The molecular formula is C20H20O7. The summed E-state index contributed by atoms with van der Waals surface area (Å²) >= 11 is 0. The highest BCUT2D eigenvalue weighted by Gasteiger charge is 2.18. The molecule has 2 aromatic carbocycles. The first-order valence-corrected chi connectivity index (χ1v) is 8.31. The van der Waals surface area contributed by atoms with E-state index in [9.17, 15) is 19.5 Å². The number of hydrogen-bond donors (Lipinski definition) is 1. The van der Waals surface area contributed by atoms with E-state index in [1.165, 1.54) is 0 Å². The van der Waals surface area contributed by atoms with Gasteiger partial charge in [0.15, 0.2) is 6.10 Å². The Bertz CT molecular complexity index is 743. The van der Waals surface area contributed by atoms with E-state index in [0.717, 1.165) is 5.56 Å². The van der Waals surface area contributed by atoms with Gasteiger partial charge >= 0.3 is 17.9 Å². The zero-order chi connectivity index (χ0) is 19.5. The molecule has 0 heterocycles. The number of esters is 3. The molecule has 0 bridgehead atoms. The number of hydrogen-bond acceptors (Lipinski definition) is 7. The third kappa shape index (κ3) is 7.39. The lowest BCUT2D eigenvalue weighted by atomic mass is 10.1. The van der Waals surface area contributed by atoms with Gasteiger partial charge in [-0.15, -0.1) is 0 Å². The van der Waals surface area contributed by atoms with Crippen molar-refractivity contribution >= 4 is 17.9 Å². The minimum absolute atomic E-state index is 0.0123. The van der Waals surface area contributed by atoms with Crippen LogP contribution in [0.25, 0.3) is 0 Å². The lowest BCUT2D eigenvalue weighted by Gasteiger charge is -2.11. The Morgan fingerprint density at radius 3 is 2.15 bits per heavy atom. The number of carbonyl (C=O) groups is 3. The predicted molar refractivity (Wildman–Crippen MR) is 94.4 cm³/mol. The summed E-state index contributed by atoms with van der Waals surface area (Å²) in [5.74, 6) is -2.32. The molecule has 0 spiro atoms. The molecule has 2 aromatic rings. The fraction of sp³-hybridized carbons (Fsp3) is 0.250. The van der Waals surface area contributed by atoms with Crippen LogP contribution in [0.5, 0.6) is 0 Å². The van der Waals surface area contributed by atoms with Crippen LogP contribution in [0.2, 0.25) is 0 Å². The van der Waals surface area contributed by atoms with Gasteiger partial charge in [-0.1, -0.05) is 60.7 Å². The molecule has 7 nitrogen and oxygen atoms in total. The molecule has 0 fully saturated rings. The molecule has 2 rings (SSSR count). The third-order valence-corrected chi connectivity index (χ3v) is 3.45. The predicted octanol–water partition coefficient (Wildman–Crippen LogP) is 1.59. The molecular weight excluding hydrogens is 352 g/mol. The zero-order valence-corrected chi connectivity index (χ0v) is 14.6. The van der Waals surface area contributed by atoms with Gasteiger partial charge < -0.3 is 19.3 Å². The fourth-order valence-corrected chi connectivity index (χ4v) is 2.16. The number of carbonyl (C=O) groups excluding carboxylic acids is 3. The Hall–Kier alpha value is -3.03. The van der Waals surface area contributed by atoms with Gasteiger partial charge in [-0.3, -0.25) is 4.79 Å². The Kier molecular flexibility index (Phi) is 8.15. The summed E-state index contributed by atoms with van der Waals surface area (Å²) in [5.41, 5.74) is 1.16. The Balaban J connectivity index is 1.58. The van der Waals surface area contributed by atoms with Crippen LogP contribution in [0.4, 0.5) is 0 Å². The minimum Gasteiger partial charge on any atom is -0.461 e. The largest absolute Gasteiger partial charge is 0.461 e. The topological polar surface area (TPSA) is 99.1 Å². The first kappa shape index (κ1) is 20.3. The van der Waals surface area contributed by atoms with Crippen molar-refractivity contribution in [3.05, 3.63) is 71.8 Å². The summed E-state index contributed by atoms with van der Waals surface area (Å²) in [6.07, 6.45) is -1.39. The normalized spacial score (nSPS) is 11.4. The van der Waals surface area contributed by atoms with Crippen LogP contribution in [-0.4, -0.2) is 42.8 Å². The van der Waals surface area contributed by atoms with Crippen molar-refractivity contribution in [2.24, 2.45) is 0 Å². The molecule has 27 heavy (non-hydrogen) atoms. The van der Waals surface area contributed by atoms with Crippen molar-refractivity contribution < 1.29 is 33.7 Å². The lowest BCUT2D eigenvalue weighted by molar-refractivity contribution is -0.163. The number of benzene rings is 2. The maximum Gasteiger partial charge on any atom is 0.339 e. The Labute approximate surface area is 156 Å². The van der Waals surface area contributed by atoms with Crippen LogP contribution < -0.4 is 0 Å². The number of aliphatic hydroxyl groups excluding tert-OH is 1. The molecule has 0 saturated carbocycles. The molecule has 1 unspecified atom stereocenters. The van der Waals surface area contributed by atoms with Gasteiger partial charge in [0.25, 0.3) is 0 Å². The molecule has 1 N–H and O–H groups in total. The second kappa shape index (κ2) is 10.8. The first-order chi connectivity index (χ1) is 13.1. The van der Waals surface area contributed by atoms with E-state index < -0.39 is 30.6 Å². The van der Waals surface area contributed by atoms with Crippen molar-refractivity contribution in [3.63, 3.8) is 0 Å². The quantitative estimate of drug-likeness (QED) is 0.405. The Morgan fingerprint density at radius 1 is 0.852 bits per heavy atom. The molecule has 0 saturated heterocycles. The first-order valence-electron chi connectivity index (χ1n) is 8.31. The highest BCUT2D eigenvalue weighted by Crippen LogP contribution is 2.13. The monoisotopic (exact) mass is 372 g/mol. The number of ether oxygens (including phenoxy) is 3. The molecule has 142 valence electrons. The van der Waals surface area contributed by atoms with E-state index in [1.807, 2.05) is 6.07 Å². The molecule has 7 heteroatoms.